The van der Waals surface area contributed by atoms with E-state index in [0.717, 1.165) is 11.6 Å². The zero-order valence-corrected chi connectivity index (χ0v) is 11.4. The lowest BCUT2D eigenvalue weighted by atomic mass is 9.94. The molecule has 2 rings (SSSR count). The normalized spacial score (nSPS) is 13.2. The summed E-state index contributed by atoms with van der Waals surface area (Å²) in [5.41, 5.74) is 0.316. The Kier molecular flexibility index (Phi) is 4.63. The second kappa shape index (κ2) is 6.26. The van der Waals surface area contributed by atoms with Gasteiger partial charge in [-0.2, -0.15) is 13.2 Å². The average molecular weight is 297 g/mol. The highest BCUT2D eigenvalue weighted by Gasteiger charge is 2.34. The van der Waals surface area contributed by atoms with Crippen molar-refractivity contribution in [3.05, 3.63) is 71.0 Å². The second-order valence-electron chi connectivity index (χ2n) is 4.76. The Labute approximate surface area is 120 Å². The van der Waals surface area contributed by atoms with Crippen LogP contribution >= 0.6 is 0 Å². The summed E-state index contributed by atoms with van der Waals surface area (Å²) in [6.07, 6.45) is -4.04. The number of hydrogen-bond acceptors (Lipinski definition) is 1. The Hall–Kier alpha value is -1.88. The number of nitrogens with one attached hydrogen (secondary N) is 1. The highest BCUT2D eigenvalue weighted by molar-refractivity contribution is 5.34. The number of rotatable bonds is 4. The first-order valence-corrected chi connectivity index (χ1v) is 6.49. The molecular weight excluding hydrogens is 282 g/mol. The Balaban J connectivity index is 2.32. The van der Waals surface area contributed by atoms with E-state index in [1.807, 2.05) is 0 Å². The Morgan fingerprint density at radius 3 is 2.19 bits per heavy atom. The van der Waals surface area contributed by atoms with E-state index in [1.165, 1.54) is 24.3 Å². The van der Waals surface area contributed by atoms with E-state index in [2.05, 4.69) is 5.32 Å². The van der Waals surface area contributed by atoms with Crippen molar-refractivity contribution in [1.82, 2.24) is 5.32 Å². The summed E-state index contributed by atoms with van der Waals surface area (Å²) in [7, 11) is 1.61. The van der Waals surface area contributed by atoms with Gasteiger partial charge in [0.2, 0.25) is 0 Å². The molecule has 2 aromatic carbocycles. The molecule has 0 radical (unpaired) electrons. The molecule has 21 heavy (non-hydrogen) atoms. The van der Waals surface area contributed by atoms with E-state index in [0.29, 0.717) is 6.42 Å². The first kappa shape index (κ1) is 15.5. The average Bonchev–Trinajstić information content (AvgIpc) is 2.46. The molecule has 1 nitrogen and oxygen atoms in total. The first-order valence-electron chi connectivity index (χ1n) is 6.49. The minimum atomic E-state index is -4.39. The van der Waals surface area contributed by atoms with Crippen LogP contribution in [0.3, 0.4) is 0 Å². The lowest BCUT2D eigenvalue weighted by Crippen LogP contribution is -2.22. The highest BCUT2D eigenvalue weighted by Crippen LogP contribution is 2.35. The van der Waals surface area contributed by atoms with Crippen molar-refractivity contribution in [3.8, 4) is 0 Å². The molecule has 0 aliphatic carbocycles. The summed E-state index contributed by atoms with van der Waals surface area (Å²) in [6.45, 7) is 0. The smallest absolute Gasteiger partial charge is 0.313 e. The van der Waals surface area contributed by atoms with Gasteiger partial charge >= 0.3 is 6.18 Å². The van der Waals surface area contributed by atoms with Crippen molar-refractivity contribution < 1.29 is 17.6 Å². The van der Waals surface area contributed by atoms with Crippen LogP contribution < -0.4 is 5.32 Å². The van der Waals surface area contributed by atoms with Crippen LogP contribution in [0.15, 0.2) is 48.5 Å². The van der Waals surface area contributed by atoms with Gasteiger partial charge in [0.05, 0.1) is 5.56 Å². The molecule has 0 aliphatic rings. The van der Waals surface area contributed by atoms with Crippen molar-refractivity contribution in [2.75, 3.05) is 7.05 Å². The number of benzene rings is 2. The number of halogens is 4. The Morgan fingerprint density at radius 2 is 1.62 bits per heavy atom. The number of alkyl halides is 3. The fraction of sp³-hybridized carbons (Fsp3) is 0.250. The van der Waals surface area contributed by atoms with Gasteiger partial charge in [0, 0.05) is 6.04 Å². The predicted molar refractivity (Wildman–Crippen MR) is 73.3 cm³/mol. The number of hydrogen-bond donors (Lipinski definition) is 1. The number of likely N-dealkylation sites (N-methyl/N-ethyl adjacent to an activating group) is 1. The second-order valence-corrected chi connectivity index (χ2v) is 4.76. The summed E-state index contributed by atoms with van der Waals surface area (Å²) in [4.78, 5) is 0. The van der Waals surface area contributed by atoms with Crippen LogP contribution in [0.4, 0.5) is 17.6 Å². The van der Waals surface area contributed by atoms with Gasteiger partial charge in [0.25, 0.3) is 0 Å². The van der Waals surface area contributed by atoms with Gasteiger partial charge in [-0.05, 0) is 42.8 Å². The third-order valence-corrected chi connectivity index (χ3v) is 3.34. The van der Waals surface area contributed by atoms with E-state index in [-0.39, 0.29) is 11.4 Å². The van der Waals surface area contributed by atoms with Crippen LogP contribution in [0.2, 0.25) is 0 Å². The van der Waals surface area contributed by atoms with Gasteiger partial charge in [-0.25, -0.2) is 4.39 Å². The topological polar surface area (TPSA) is 12.0 Å². The lowest BCUT2D eigenvalue weighted by molar-refractivity contribution is -0.138. The van der Waals surface area contributed by atoms with Gasteiger partial charge in [0.1, 0.15) is 5.82 Å². The molecule has 0 fully saturated rings. The zero-order valence-electron chi connectivity index (χ0n) is 11.4. The molecule has 0 amide bonds. The maximum atomic E-state index is 13.1. The molecule has 0 heterocycles. The van der Waals surface area contributed by atoms with Crippen LogP contribution in [-0.2, 0) is 12.6 Å². The van der Waals surface area contributed by atoms with Crippen molar-refractivity contribution >= 4 is 0 Å². The van der Waals surface area contributed by atoms with Crippen molar-refractivity contribution in [3.63, 3.8) is 0 Å². The third kappa shape index (κ3) is 3.82. The first-order chi connectivity index (χ1) is 9.91. The summed E-state index contributed by atoms with van der Waals surface area (Å²) < 4.78 is 52.1. The van der Waals surface area contributed by atoms with E-state index in [4.69, 9.17) is 0 Å². The fourth-order valence-corrected chi connectivity index (χ4v) is 2.28. The molecule has 5 heteroatoms. The van der Waals surface area contributed by atoms with Crippen molar-refractivity contribution in [2.45, 2.75) is 18.6 Å². The predicted octanol–water partition coefficient (Wildman–Crippen LogP) is 4.35. The van der Waals surface area contributed by atoms with Gasteiger partial charge < -0.3 is 5.32 Å². The van der Waals surface area contributed by atoms with Crippen molar-refractivity contribution in [2.24, 2.45) is 0 Å². The molecular formula is C16H15F4N. The monoisotopic (exact) mass is 297 g/mol. The maximum Gasteiger partial charge on any atom is 0.416 e. The van der Waals surface area contributed by atoms with Crippen LogP contribution in [0, 0.1) is 5.82 Å². The van der Waals surface area contributed by atoms with Gasteiger partial charge in [-0.15, -0.1) is 0 Å². The van der Waals surface area contributed by atoms with Crippen LogP contribution in [0.25, 0.3) is 0 Å². The minimum absolute atomic E-state index is 0.192. The SMILES string of the molecule is CNC(Cc1ccc(F)cc1)c1ccccc1C(F)(F)F. The van der Waals surface area contributed by atoms with E-state index >= 15 is 0 Å². The van der Waals surface area contributed by atoms with Gasteiger partial charge in [-0.1, -0.05) is 30.3 Å². The zero-order chi connectivity index (χ0) is 15.5. The molecule has 1 unspecified atom stereocenters. The largest absolute Gasteiger partial charge is 0.416 e. The van der Waals surface area contributed by atoms with Gasteiger partial charge in [-0.3, -0.25) is 0 Å². The Bertz CT molecular complexity index is 590. The van der Waals surface area contributed by atoms with E-state index in [9.17, 15) is 17.6 Å². The standard InChI is InChI=1S/C16H15F4N/c1-21-15(10-11-6-8-12(17)9-7-11)13-4-2-3-5-14(13)16(18,19)20/h2-9,15,21H,10H2,1H3. The quantitative estimate of drug-likeness (QED) is 0.827. The molecule has 0 spiro atoms. The van der Waals surface area contributed by atoms with Crippen molar-refractivity contribution in [1.29, 1.82) is 0 Å². The molecule has 2 aromatic rings. The summed E-state index contributed by atoms with van der Waals surface area (Å²) in [5, 5.41) is 2.90. The molecule has 0 saturated carbocycles. The molecule has 1 N–H and O–H groups in total. The van der Waals surface area contributed by atoms with E-state index < -0.39 is 17.8 Å². The molecule has 0 bridgehead atoms. The minimum Gasteiger partial charge on any atom is -0.313 e. The fourth-order valence-electron chi connectivity index (χ4n) is 2.28. The molecule has 112 valence electrons. The maximum absolute atomic E-state index is 13.1. The van der Waals surface area contributed by atoms with Crippen LogP contribution in [0.5, 0.6) is 0 Å². The van der Waals surface area contributed by atoms with E-state index in [1.54, 1.807) is 25.2 Å². The van der Waals surface area contributed by atoms with Crippen LogP contribution in [0.1, 0.15) is 22.7 Å². The summed E-state index contributed by atoms with van der Waals surface area (Å²) >= 11 is 0. The molecule has 0 saturated heterocycles. The van der Waals surface area contributed by atoms with Crippen LogP contribution in [-0.4, -0.2) is 7.05 Å². The Morgan fingerprint density at radius 1 is 1.00 bits per heavy atom. The summed E-state index contributed by atoms with van der Waals surface area (Å²) in [5.74, 6) is -0.365. The molecule has 0 aliphatic heterocycles. The highest BCUT2D eigenvalue weighted by atomic mass is 19.4. The third-order valence-electron chi connectivity index (χ3n) is 3.34. The van der Waals surface area contributed by atoms with Gasteiger partial charge in [0.15, 0.2) is 0 Å². The molecule has 1 atom stereocenters. The molecule has 0 aromatic heterocycles. The lowest BCUT2D eigenvalue weighted by Gasteiger charge is -2.21. The summed E-state index contributed by atoms with van der Waals surface area (Å²) in [6, 6.07) is 10.8.